The molecule has 0 aliphatic heterocycles. The first-order chi connectivity index (χ1) is 5.70. The number of benzene rings is 1. The third-order valence-electron chi connectivity index (χ3n) is 1.41. The standard InChI is InChI=1S/C9H8O2S/c10-8(6-9(11)12)7-4-2-1-3-5-7/h1-5H,6H2,(H,11,12). The van der Waals surface area contributed by atoms with E-state index >= 15 is 0 Å². The minimum absolute atomic E-state index is 0.0701. The van der Waals surface area contributed by atoms with E-state index in [1.165, 1.54) is 0 Å². The van der Waals surface area contributed by atoms with Gasteiger partial charge in [-0.2, -0.15) is 0 Å². The van der Waals surface area contributed by atoms with E-state index in [1.54, 1.807) is 24.3 Å². The van der Waals surface area contributed by atoms with Crippen LogP contribution >= 0.6 is 12.2 Å². The number of aliphatic hydroxyl groups is 1. The lowest BCUT2D eigenvalue weighted by atomic mass is 10.1. The minimum Gasteiger partial charge on any atom is -0.502 e. The van der Waals surface area contributed by atoms with Crippen LogP contribution in [0.15, 0.2) is 30.3 Å². The summed E-state index contributed by atoms with van der Waals surface area (Å²) >= 11 is 4.41. The zero-order valence-electron chi connectivity index (χ0n) is 6.36. The SMILES string of the molecule is O=C(CC(O)=S)c1ccccc1. The Bertz CT molecular complexity index is 293. The van der Waals surface area contributed by atoms with Crippen molar-refractivity contribution in [3.63, 3.8) is 0 Å². The van der Waals surface area contributed by atoms with Gasteiger partial charge >= 0.3 is 0 Å². The molecular weight excluding hydrogens is 172 g/mol. The molecule has 0 saturated carbocycles. The highest BCUT2D eigenvalue weighted by Gasteiger charge is 2.06. The Morgan fingerprint density at radius 2 is 1.92 bits per heavy atom. The molecule has 1 aromatic carbocycles. The molecule has 0 unspecified atom stereocenters. The van der Waals surface area contributed by atoms with E-state index in [-0.39, 0.29) is 17.3 Å². The first-order valence-electron chi connectivity index (χ1n) is 3.50. The first-order valence-corrected chi connectivity index (χ1v) is 3.91. The van der Waals surface area contributed by atoms with Gasteiger partial charge in [0, 0.05) is 5.56 Å². The van der Waals surface area contributed by atoms with Crippen molar-refractivity contribution in [2.75, 3.05) is 0 Å². The second kappa shape index (κ2) is 3.97. The first kappa shape index (κ1) is 8.87. The van der Waals surface area contributed by atoms with E-state index < -0.39 is 0 Å². The number of aliphatic hydroxyl groups excluding tert-OH is 1. The van der Waals surface area contributed by atoms with Crippen LogP contribution in [0.25, 0.3) is 0 Å². The van der Waals surface area contributed by atoms with Gasteiger partial charge in [-0.05, 0) is 12.2 Å². The summed E-state index contributed by atoms with van der Waals surface area (Å²) in [6.07, 6.45) is -0.0701. The van der Waals surface area contributed by atoms with Crippen molar-refractivity contribution >= 4 is 23.1 Å². The quantitative estimate of drug-likeness (QED) is 0.572. The van der Waals surface area contributed by atoms with Crippen LogP contribution in [-0.2, 0) is 0 Å². The second-order valence-electron chi connectivity index (χ2n) is 2.36. The molecule has 0 radical (unpaired) electrons. The predicted octanol–water partition coefficient (Wildman–Crippen LogP) is 2.14. The zero-order valence-corrected chi connectivity index (χ0v) is 7.17. The highest BCUT2D eigenvalue weighted by molar-refractivity contribution is 7.80. The maximum absolute atomic E-state index is 11.2. The van der Waals surface area contributed by atoms with Gasteiger partial charge in [-0.15, -0.1) is 0 Å². The van der Waals surface area contributed by atoms with Gasteiger partial charge in [0.15, 0.2) is 10.8 Å². The second-order valence-corrected chi connectivity index (χ2v) is 2.83. The molecule has 0 aliphatic rings. The number of ketones is 1. The third kappa shape index (κ3) is 2.43. The van der Waals surface area contributed by atoms with Crippen molar-refractivity contribution < 1.29 is 9.90 Å². The van der Waals surface area contributed by atoms with Gasteiger partial charge in [0.1, 0.15) is 0 Å². The summed E-state index contributed by atoms with van der Waals surface area (Å²) in [5.74, 6) is -0.150. The van der Waals surface area contributed by atoms with Crippen molar-refractivity contribution in [3.05, 3.63) is 35.9 Å². The molecule has 0 saturated heterocycles. The van der Waals surface area contributed by atoms with Gasteiger partial charge in [-0.1, -0.05) is 30.3 Å². The molecule has 0 aliphatic carbocycles. The number of carbonyl (C=O) groups is 1. The molecule has 0 spiro atoms. The van der Waals surface area contributed by atoms with Gasteiger partial charge in [-0.3, -0.25) is 4.79 Å². The summed E-state index contributed by atoms with van der Waals surface area (Å²) in [7, 11) is 0. The molecule has 12 heavy (non-hydrogen) atoms. The third-order valence-corrected chi connectivity index (χ3v) is 1.55. The van der Waals surface area contributed by atoms with Gasteiger partial charge in [0.2, 0.25) is 0 Å². The topological polar surface area (TPSA) is 37.3 Å². The van der Waals surface area contributed by atoms with Crippen molar-refractivity contribution in [1.29, 1.82) is 0 Å². The Morgan fingerprint density at radius 1 is 1.33 bits per heavy atom. The van der Waals surface area contributed by atoms with Crippen molar-refractivity contribution in [2.45, 2.75) is 6.42 Å². The Morgan fingerprint density at radius 3 is 2.42 bits per heavy atom. The van der Waals surface area contributed by atoms with E-state index in [0.717, 1.165) is 0 Å². The van der Waals surface area contributed by atoms with Gasteiger partial charge in [0.25, 0.3) is 0 Å². The van der Waals surface area contributed by atoms with E-state index in [1.807, 2.05) is 6.07 Å². The molecule has 0 atom stereocenters. The number of hydrogen-bond donors (Lipinski definition) is 1. The molecule has 3 heteroatoms. The van der Waals surface area contributed by atoms with Crippen molar-refractivity contribution in [3.8, 4) is 0 Å². The van der Waals surface area contributed by atoms with Crippen LogP contribution < -0.4 is 0 Å². The van der Waals surface area contributed by atoms with E-state index in [4.69, 9.17) is 5.11 Å². The molecule has 1 rings (SSSR count). The fourth-order valence-corrected chi connectivity index (χ4v) is 0.995. The monoisotopic (exact) mass is 180 g/mol. The molecule has 0 aromatic heterocycles. The molecule has 62 valence electrons. The average molecular weight is 180 g/mol. The summed E-state index contributed by atoms with van der Waals surface area (Å²) < 4.78 is 0. The number of hydrogen-bond acceptors (Lipinski definition) is 2. The maximum Gasteiger partial charge on any atom is 0.171 e. The Kier molecular flexibility index (Phi) is 2.94. The summed E-state index contributed by atoms with van der Waals surface area (Å²) in [5.41, 5.74) is 0.578. The zero-order chi connectivity index (χ0) is 8.97. The number of rotatable bonds is 3. The predicted molar refractivity (Wildman–Crippen MR) is 50.6 cm³/mol. The lowest BCUT2D eigenvalue weighted by Gasteiger charge is -1.96. The number of Topliss-reactive ketones (excluding diaryl/α,β-unsaturated/α-hetero) is 1. The number of thiocarbonyl (C=S) groups is 1. The highest BCUT2D eigenvalue weighted by Crippen LogP contribution is 2.02. The fourth-order valence-electron chi connectivity index (χ4n) is 0.863. The van der Waals surface area contributed by atoms with E-state index in [2.05, 4.69) is 12.2 Å². The lowest BCUT2D eigenvalue weighted by molar-refractivity contribution is 0.0997. The van der Waals surface area contributed by atoms with Crippen LogP contribution in [0, 0.1) is 0 Å². The smallest absolute Gasteiger partial charge is 0.171 e. The van der Waals surface area contributed by atoms with Crippen molar-refractivity contribution in [1.82, 2.24) is 0 Å². The van der Waals surface area contributed by atoms with E-state index in [9.17, 15) is 4.79 Å². The minimum atomic E-state index is -0.260. The molecule has 2 nitrogen and oxygen atoms in total. The highest BCUT2D eigenvalue weighted by atomic mass is 32.1. The Hall–Kier alpha value is -1.22. The van der Waals surface area contributed by atoms with Crippen LogP contribution in [0.4, 0.5) is 0 Å². The largest absolute Gasteiger partial charge is 0.502 e. The summed E-state index contributed by atoms with van der Waals surface area (Å²) in [6.45, 7) is 0. The molecule has 0 amide bonds. The maximum atomic E-state index is 11.2. The van der Waals surface area contributed by atoms with Crippen molar-refractivity contribution in [2.24, 2.45) is 0 Å². The molecule has 1 N–H and O–H groups in total. The summed E-state index contributed by atoms with van der Waals surface area (Å²) in [6, 6.07) is 8.76. The average Bonchev–Trinajstić information content (AvgIpc) is 2.05. The van der Waals surface area contributed by atoms with Crippen LogP contribution in [0.5, 0.6) is 0 Å². The summed E-state index contributed by atoms with van der Waals surface area (Å²) in [4.78, 5) is 11.2. The van der Waals surface area contributed by atoms with E-state index in [0.29, 0.717) is 5.56 Å². The van der Waals surface area contributed by atoms with Crippen LogP contribution in [0.3, 0.4) is 0 Å². The normalized spacial score (nSPS) is 9.33. The van der Waals surface area contributed by atoms with Gasteiger partial charge < -0.3 is 5.11 Å². The Labute approximate surface area is 75.8 Å². The molecular formula is C9H8O2S. The Balaban J connectivity index is 2.73. The lowest BCUT2D eigenvalue weighted by Crippen LogP contribution is -2.04. The van der Waals surface area contributed by atoms with Crippen LogP contribution in [0.1, 0.15) is 16.8 Å². The fraction of sp³-hybridized carbons (Fsp3) is 0.111. The summed E-state index contributed by atoms with van der Waals surface area (Å²) in [5, 5.41) is 8.43. The molecule has 0 heterocycles. The number of carbonyl (C=O) groups excluding carboxylic acids is 1. The molecule has 0 bridgehead atoms. The van der Waals surface area contributed by atoms with Crippen LogP contribution in [0.2, 0.25) is 0 Å². The van der Waals surface area contributed by atoms with Gasteiger partial charge in [0.05, 0.1) is 6.42 Å². The molecule has 1 aromatic rings. The molecule has 0 fully saturated rings. The van der Waals surface area contributed by atoms with Crippen LogP contribution in [-0.4, -0.2) is 15.9 Å². The van der Waals surface area contributed by atoms with Gasteiger partial charge in [-0.25, -0.2) is 0 Å².